The number of halogens is 2. The largest absolute Gasteiger partial charge is 0.370 e. The van der Waals surface area contributed by atoms with Crippen molar-refractivity contribution in [3.8, 4) is 5.75 Å². The normalized spacial score (nSPS) is 15.4. The molecule has 0 saturated heterocycles. The van der Waals surface area contributed by atoms with Crippen LogP contribution in [-0.4, -0.2) is 43.7 Å². The molecule has 9 heteroatoms. The average molecular weight is 709 g/mol. The first-order valence-corrected chi connectivity index (χ1v) is 19.8. The summed E-state index contributed by atoms with van der Waals surface area (Å²) in [6.45, 7) is 0.705. The Morgan fingerprint density at radius 1 is 0.711 bits per heavy atom. The van der Waals surface area contributed by atoms with Gasteiger partial charge in [-0.2, -0.15) is 0 Å². The summed E-state index contributed by atoms with van der Waals surface area (Å²) in [5.74, 6) is 1.93. The van der Waals surface area contributed by atoms with E-state index in [1.54, 1.807) is 0 Å². The van der Waals surface area contributed by atoms with E-state index in [1.165, 1.54) is 28.8 Å². The zero-order valence-electron chi connectivity index (χ0n) is 26.1. The van der Waals surface area contributed by atoms with Gasteiger partial charge in [0.1, 0.15) is 0 Å². The van der Waals surface area contributed by atoms with Gasteiger partial charge in [-0.1, -0.05) is 0 Å². The Kier molecular flexibility index (Phi) is 12.1. The second-order valence-electron chi connectivity index (χ2n) is 11.5. The maximum atomic E-state index is 6.06. The van der Waals surface area contributed by atoms with Crippen molar-refractivity contribution in [3.05, 3.63) is 121 Å². The van der Waals surface area contributed by atoms with Gasteiger partial charge in [-0.3, -0.25) is 5.32 Å². The van der Waals surface area contributed by atoms with Crippen LogP contribution in [-0.2, 0) is 0 Å². The van der Waals surface area contributed by atoms with Gasteiger partial charge >= 0.3 is 213 Å². The van der Waals surface area contributed by atoms with Gasteiger partial charge in [-0.05, 0) is 0 Å². The van der Waals surface area contributed by atoms with Crippen molar-refractivity contribution >= 4 is 61.0 Å². The maximum absolute atomic E-state index is 6.06. The van der Waals surface area contributed by atoms with Crippen molar-refractivity contribution in [2.24, 2.45) is 15.7 Å². The minimum atomic E-state index is -2.83. The molecule has 0 radical (unpaired) electrons. The third-order valence-electron chi connectivity index (χ3n) is 8.22. The Labute approximate surface area is 282 Å². The summed E-state index contributed by atoms with van der Waals surface area (Å²) in [7, 11) is 3.84. The molecule has 4 aromatic carbocycles. The first-order valence-electron chi connectivity index (χ1n) is 15.4. The molecule has 1 atom stereocenters. The van der Waals surface area contributed by atoms with Crippen molar-refractivity contribution in [1.29, 1.82) is 0 Å². The summed E-state index contributed by atoms with van der Waals surface area (Å²) in [5.41, 5.74) is 6.94. The molecular weight excluding hydrogens is 665 g/mol. The number of nitrogens with two attached hydrogens (primary N) is 1. The predicted molar refractivity (Wildman–Crippen MR) is 200 cm³/mol. The van der Waals surface area contributed by atoms with Crippen molar-refractivity contribution in [2.75, 3.05) is 26.9 Å². The first-order chi connectivity index (χ1) is 21.4. The van der Waals surface area contributed by atoms with E-state index in [1.807, 2.05) is 43.3 Å². The minimum absolute atomic E-state index is 0. The quantitative estimate of drug-likeness (QED) is 0.115. The molecule has 4 aromatic rings. The van der Waals surface area contributed by atoms with Gasteiger partial charge < -0.3 is 10.6 Å². The third-order valence-corrected chi connectivity index (χ3v) is 18.3. The molecule has 0 aromatic heterocycles. The van der Waals surface area contributed by atoms with E-state index < -0.39 is 5.31 Å². The topological polar surface area (TPSA) is 75.2 Å². The Morgan fingerprint density at radius 3 is 1.71 bits per heavy atom. The number of hydrogen-bond acceptors (Lipinski definition) is 6. The second kappa shape index (κ2) is 15.8. The molecule has 0 aliphatic carbocycles. The summed E-state index contributed by atoms with van der Waals surface area (Å²) >= 11 is 4.56. The van der Waals surface area contributed by atoms with Crippen LogP contribution in [0.2, 0.25) is 0 Å². The van der Waals surface area contributed by atoms with Crippen LogP contribution >= 0.6 is 33.2 Å². The van der Waals surface area contributed by atoms with Crippen LogP contribution < -0.4 is 31.7 Å². The molecule has 0 fully saturated rings. The number of benzene rings is 4. The molecule has 0 amide bonds. The zero-order chi connectivity index (χ0) is 30.9. The van der Waals surface area contributed by atoms with Gasteiger partial charge in [-0.25, -0.2) is 9.98 Å². The molecule has 1 aliphatic heterocycles. The maximum Gasteiger partial charge on any atom is 0.197 e. The summed E-state index contributed by atoms with van der Waals surface area (Å²) in [5, 5.41) is 4.31. The number of guanidine groups is 2. The number of unbranched alkanes of at least 4 members (excludes halogenated alkanes) is 4. The van der Waals surface area contributed by atoms with Crippen LogP contribution in [0.1, 0.15) is 43.8 Å². The number of ether oxygens (including phenoxy) is 1. The molecule has 5 rings (SSSR count). The minimum Gasteiger partial charge on any atom is -0.370 e. The molecule has 3 N–H and O–H groups in total. The summed E-state index contributed by atoms with van der Waals surface area (Å²) in [6, 6.07) is 41.2. The van der Waals surface area contributed by atoms with E-state index in [4.69, 9.17) is 10.5 Å². The Hall–Kier alpha value is -3.38. The number of aliphatic imine (C=N–C) groups is 2. The monoisotopic (exact) mass is 707 g/mol. The van der Waals surface area contributed by atoms with Crippen LogP contribution in [0.3, 0.4) is 0 Å². The van der Waals surface area contributed by atoms with Crippen molar-refractivity contribution in [2.45, 2.75) is 38.3 Å². The third kappa shape index (κ3) is 7.89. The number of rotatable bonds is 13. The van der Waals surface area contributed by atoms with Crippen LogP contribution in [0.4, 0.5) is 0 Å². The second-order valence-corrected chi connectivity index (χ2v) is 20.5. The van der Waals surface area contributed by atoms with Gasteiger partial charge in [0.2, 0.25) is 5.96 Å². The number of nitrogens with one attached hydrogen (secondary N) is 1. The first kappa shape index (κ1) is 34.5. The van der Waals surface area contributed by atoms with Crippen LogP contribution in [0.5, 0.6) is 5.75 Å². The van der Waals surface area contributed by atoms with Crippen molar-refractivity contribution in [1.82, 2.24) is 10.2 Å². The summed E-state index contributed by atoms with van der Waals surface area (Å²) in [6.07, 6.45) is 6.41. The van der Waals surface area contributed by atoms with Gasteiger partial charge in [0.05, 0.1) is 0 Å². The fraction of sp³-hybridized carbons (Fsp3) is 0.278. The van der Waals surface area contributed by atoms with Crippen LogP contribution in [0.15, 0.2) is 125 Å². The van der Waals surface area contributed by atoms with E-state index >= 15 is 0 Å². The van der Waals surface area contributed by atoms with E-state index in [2.05, 4.69) is 122 Å². The van der Waals surface area contributed by atoms with E-state index in [0.717, 1.165) is 36.7 Å². The van der Waals surface area contributed by atoms with Gasteiger partial charge in [0, 0.05) is 14.1 Å². The van der Waals surface area contributed by atoms with E-state index in [0.29, 0.717) is 18.5 Å². The number of hydrogen-bond donors (Lipinski definition) is 2. The number of nitrogens with zero attached hydrogens (tertiary/aromatic N) is 3. The molecule has 0 spiro atoms. The molecule has 1 aliphatic rings. The fourth-order valence-electron chi connectivity index (χ4n) is 5.85. The molecule has 238 valence electrons. The zero-order valence-corrected chi connectivity index (χ0v) is 29.4. The van der Waals surface area contributed by atoms with E-state index in [-0.39, 0.29) is 18.6 Å². The molecule has 0 saturated carbocycles. The Balaban J connectivity index is 0.00000461. The fourth-order valence-corrected chi connectivity index (χ4v) is 13.6. The molecule has 1 heterocycles. The van der Waals surface area contributed by atoms with Gasteiger partial charge in [0.15, 0.2) is 12.1 Å². The molecule has 6 nitrogen and oxygen atoms in total. The molecule has 1 unspecified atom stereocenters. The summed E-state index contributed by atoms with van der Waals surface area (Å²) < 4.78 is 6.06. The molecule has 45 heavy (non-hydrogen) atoms. The average Bonchev–Trinajstić information content (AvgIpc) is 3.07. The Morgan fingerprint density at radius 2 is 1.20 bits per heavy atom. The van der Waals surface area contributed by atoms with Crippen molar-refractivity contribution in [3.63, 3.8) is 0 Å². The molecular formula is C36H44BrClN5OP. The van der Waals surface area contributed by atoms with Crippen molar-refractivity contribution < 1.29 is 4.74 Å². The molecule has 0 bridgehead atoms. The van der Waals surface area contributed by atoms with Gasteiger partial charge in [-0.15, -0.1) is 12.4 Å². The van der Waals surface area contributed by atoms with E-state index in [9.17, 15) is 0 Å². The van der Waals surface area contributed by atoms with Gasteiger partial charge in [0.25, 0.3) is 0 Å². The smallest absolute Gasteiger partial charge is 0.197 e. The standard InChI is InChI=1S/C36H43BrN5OP.ClH/c1-42(2)36-40-34(39-35(38)41-36)29-23-25-30(26-24-29)43-27-15-4-3-5-16-28-44(37,31-17-9-6-10-18-31,32-19-11-7-12-20-32)33-21-13-8-14-22-33;/h6-14,17-26,34H,3-5,15-16,27-28H2,1-2H3,(H3,38,39,40,41);1H. The summed E-state index contributed by atoms with van der Waals surface area (Å²) in [4.78, 5) is 10.9. The Bertz CT molecular complexity index is 1450. The predicted octanol–water partition coefficient (Wildman–Crippen LogP) is 7.11. The van der Waals surface area contributed by atoms with Crippen LogP contribution in [0.25, 0.3) is 0 Å². The van der Waals surface area contributed by atoms with Crippen LogP contribution in [0, 0.1) is 0 Å². The SMILES string of the molecule is CN(C)C1=NC(c2ccc(OCCCCCCCP(Br)(c3ccccc3)(c3ccccc3)c3ccccc3)cc2)N=C(N)N1.Cl.